The van der Waals surface area contributed by atoms with E-state index in [1.165, 1.54) is 5.56 Å². The van der Waals surface area contributed by atoms with Crippen molar-refractivity contribution < 1.29 is 9.53 Å². The Labute approximate surface area is 84.9 Å². The zero-order valence-electron chi connectivity index (χ0n) is 8.91. The van der Waals surface area contributed by atoms with E-state index in [1.807, 2.05) is 24.3 Å². The molecule has 0 radical (unpaired) electrons. The van der Waals surface area contributed by atoms with Gasteiger partial charge in [-0.2, -0.15) is 0 Å². The molecular formula is C12H16O2. The number of hydrogen-bond acceptors (Lipinski definition) is 2. The number of Topliss-reactive ketones (excluding diaryl/α,β-unsaturated/α-hetero) is 1. The number of ether oxygens (including phenoxy) is 1. The summed E-state index contributed by atoms with van der Waals surface area (Å²) in [5.74, 6) is 1.37. The largest absolute Gasteiger partial charge is 0.497 e. The minimum atomic E-state index is 0.230. The Balaban J connectivity index is 2.71. The number of ketones is 1. The van der Waals surface area contributed by atoms with Crippen molar-refractivity contribution in [3.63, 3.8) is 0 Å². The van der Waals surface area contributed by atoms with Crippen molar-refractivity contribution in [2.75, 3.05) is 7.11 Å². The Morgan fingerprint density at radius 1 is 1.36 bits per heavy atom. The van der Waals surface area contributed by atoms with Crippen LogP contribution in [0.25, 0.3) is 0 Å². The zero-order valence-corrected chi connectivity index (χ0v) is 8.91. The van der Waals surface area contributed by atoms with Gasteiger partial charge in [-0.1, -0.05) is 19.1 Å². The maximum absolute atomic E-state index is 10.9. The van der Waals surface area contributed by atoms with E-state index in [2.05, 4.69) is 6.92 Å². The minimum Gasteiger partial charge on any atom is -0.497 e. The van der Waals surface area contributed by atoms with Crippen LogP contribution in [0.2, 0.25) is 0 Å². The van der Waals surface area contributed by atoms with E-state index in [0.717, 1.165) is 5.75 Å². The van der Waals surface area contributed by atoms with E-state index in [1.54, 1.807) is 14.0 Å². The number of hydrogen-bond donors (Lipinski definition) is 0. The summed E-state index contributed by atoms with van der Waals surface area (Å²) in [6.07, 6.45) is 0.604. The first-order chi connectivity index (χ1) is 6.63. The molecule has 0 unspecified atom stereocenters. The van der Waals surface area contributed by atoms with Gasteiger partial charge in [-0.3, -0.25) is 0 Å². The average Bonchev–Trinajstić information content (AvgIpc) is 2.17. The molecule has 0 aliphatic carbocycles. The lowest BCUT2D eigenvalue weighted by Gasteiger charge is -2.10. The second-order valence-corrected chi connectivity index (χ2v) is 3.58. The zero-order chi connectivity index (χ0) is 10.6. The van der Waals surface area contributed by atoms with Crippen molar-refractivity contribution in [2.45, 2.75) is 26.2 Å². The molecule has 0 N–H and O–H groups in total. The molecular weight excluding hydrogens is 176 g/mol. The van der Waals surface area contributed by atoms with E-state index >= 15 is 0 Å². The Kier molecular flexibility index (Phi) is 3.69. The Morgan fingerprint density at radius 2 is 1.93 bits per heavy atom. The van der Waals surface area contributed by atoms with Gasteiger partial charge in [-0.15, -0.1) is 0 Å². The Morgan fingerprint density at radius 3 is 2.36 bits per heavy atom. The summed E-state index contributed by atoms with van der Waals surface area (Å²) in [5, 5.41) is 0. The Hall–Kier alpha value is -1.31. The van der Waals surface area contributed by atoms with Gasteiger partial charge >= 0.3 is 0 Å². The first-order valence-corrected chi connectivity index (χ1v) is 4.77. The molecule has 1 aromatic carbocycles. The van der Waals surface area contributed by atoms with Crippen molar-refractivity contribution in [3.05, 3.63) is 29.8 Å². The summed E-state index contributed by atoms with van der Waals surface area (Å²) in [5.41, 5.74) is 1.18. The van der Waals surface area contributed by atoms with Crippen LogP contribution in [-0.4, -0.2) is 12.9 Å². The molecule has 76 valence electrons. The lowest BCUT2D eigenvalue weighted by atomic mass is 9.96. The van der Waals surface area contributed by atoms with Crippen molar-refractivity contribution in [1.29, 1.82) is 0 Å². The van der Waals surface area contributed by atoms with Crippen LogP contribution in [0.4, 0.5) is 0 Å². The minimum absolute atomic E-state index is 0.230. The standard InChI is InChI=1S/C12H16O2/c1-9(8-10(2)13)11-4-6-12(14-3)7-5-11/h4-7,9H,8H2,1-3H3/t9-/m0/s1. The maximum Gasteiger partial charge on any atom is 0.130 e. The highest BCUT2D eigenvalue weighted by Gasteiger charge is 2.07. The molecule has 0 amide bonds. The first kappa shape index (κ1) is 10.8. The summed E-state index contributed by atoms with van der Waals surface area (Å²) in [7, 11) is 1.65. The highest BCUT2D eigenvalue weighted by Crippen LogP contribution is 2.21. The molecule has 1 aromatic rings. The van der Waals surface area contributed by atoms with Gasteiger partial charge in [0.15, 0.2) is 0 Å². The SMILES string of the molecule is COc1ccc([C@@H](C)CC(C)=O)cc1. The van der Waals surface area contributed by atoms with E-state index in [9.17, 15) is 4.79 Å². The van der Waals surface area contributed by atoms with E-state index in [4.69, 9.17) is 4.74 Å². The van der Waals surface area contributed by atoms with E-state index < -0.39 is 0 Å². The predicted octanol–water partition coefficient (Wildman–Crippen LogP) is 2.78. The number of carbonyl (C=O) groups excluding carboxylic acids is 1. The smallest absolute Gasteiger partial charge is 0.130 e. The molecule has 0 saturated heterocycles. The Bertz CT molecular complexity index is 301. The van der Waals surface area contributed by atoms with E-state index in [-0.39, 0.29) is 5.78 Å². The summed E-state index contributed by atoms with van der Waals surface area (Å²) >= 11 is 0. The van der Waals surface area contributed by atoms with E-state index in [0.29, 0.717) is 12.3 Å². The van der Waals surface area contributed by atoms with Gasteiger partial charge in [0.1, 0.15) is 11.5 Å². The lowest BCUT2D eigenvalue weighted by Crippen LogP contribution is -2.00. The highest BCUT2D eigenvalue weighted by molar-refractivity contribution is 5.76. The van der Waals surface area contributed by atoms with Crippen molar-refractivity contribution in [1.82, 2.24) is 0 Å². The summed E-state index contributed by atoms with van der Waals surface area (Å²) in [4.78, 5) is 10.9. The van der Waals surface area contributed by atoms with Crippen molar-refractivity contribution >= 4 is 5.78 Å². The predicted molar refractivity (Wildman–Crippen MR) is 56.7 cm³/mol. The molecule has 0 fully saturated rings. The molecule has 0 heterocycles. The van der Waals surface area contributed by atoms with Gasteiger partial charge in [0.05, 0.1) is 7.11 Å². The lowest BCUT2D eigenvalue weighted by molar-refractivity contribution is -0.117. The van der Waals surface area contributed by atoms with Gasteiger partial charge in [0, 0.05) is 6.42 Å². The van der Waals surface area contributed by atoms with Crippen LogP contribution in [0.1, 0.15) is 31.7 Å². The van der Waals surface area contributed by atoms with Crippen LogP contribution < -0.4 is 4.74 Å². The third kappa shape index (κ3) is 2.87. The quantitative estimate of drug-likeness (QED) is 0.733. The second-order valence-electron chi connectivity index (χ2n) is 3.58. The van der Waals surface area contributed by atoms with Crippen LogP contribution >= 0.6 is 0 Å². The fraction of sp³-hybridized carbons (Fsp3) is 0.417. The van der Waals surface area contributed by atoms with Crippen LogP contribution in [-0.2, 0) is 4.79 Å². The maximum atomic E-state index is 10.9. The number of benzene rings is 1. The van der Waals surface area contributed by atoms with Crippen LogP contribution in [0.5, 0.6) is 5.75 Å². The highest BCUT2D eigenvalue weighted by atomic mass is 16.5. The summed E-state index contributed by atoms with van der Waals surface area (Å²) < 4.78 is 5.06. The van der Waals surface area contributed by atoms with Crippen LogP contribution in [0.15, 0.2) is 24.3 Å². The fourth-order valence-corrected chi connectivity index (χ4v) is 1.48. The third-order valence-electron chi connectivity index (χ3n) is 2.28. The number of methoxy groups -OCH3 is 1. The molecule has 0 aromatic heterocycles. The molecule has 0 saturated carbocycles. The molecule has 14 heavy (non-hydrogen) atoms. The molecule has 0 bridgehead atoms. The first-order valence-electron chi connectivity index (χ1n) is 4.77. The molecule has 0 spiro atoms. The number of rotatable bonds is 4. The van der Waals surface area contributed by atoms with Gasteiger partial charge in [0.25, 0.3) is 0 Å². The third-order valence-corrected chi connectivity index (χ3v) is 2.28. The molecule has 0 aliphatic heterocycles. The van der Waals surface area contributed by atoms with Crippen LogP contribution in [0, 0.1) is 0 Å². The monoisotopic (exact) mass is 192 g/mol. The summed E-state index contributed by atoms with van der Waals surface area (Å²) in [6, 6.07) is 7.86. The van der Waals surface area contributed by atoms with Gasteiger partial charge in [-0.25, -0.2) is 0 Å². The molecule has 1 rings (SSSR count). The molecule has 2 heteroatoms. The number of carbonyl (C=O) groups is 1. The molecule has 1 atom stereocenters. The topological polar surface area (TPSA) is 26.3 Å². The fourth-order valence-electron chi connectivity index (χ4n) is 1.48. The van der Waals surface area contributed by atoms with Gasteiger partial charge < -0.3 is 9.53 Å². The normalized spacial score (nSPS) is 12.2. The van der Waals surface area contributed by atoms with Gasteiger partial charge in [-0.05, 0) is 30.5 Å². The second kappa shape index (κ2) is 4.80. The van der Waals surface area contributed by atoms with Crippen LogP contribution in [0.3, 0.4) is 0 Å². The average molecular weight is 192 g/mol. The summed E-state index contributed by atoms with van der Waals surface area (Å²) in [6.45, 7) is 3.68. The van der Waals surface area contributed by atoms with Crippen molar-refractivity contribution in [2.24, 2.45) is 0 Å². The van der Waals surface area contributed by atoms with Crippen molar-refractivity contribution in [3.8, 4) is 5.75 Å². The van der Waals surface area contributed by atoms with Gasteiger partial charge in [0.2, 0.25) is 0 Å². The molecule has 0 aliphatic rings. The molecule has 2 nitrogen and oxygen atoms in total.